The van der Waals surface area contributed by atoms with Crippen LogP contribution in [-0.4, -0.2) is 106 Å². The van der Waals surface area contributed by atoms with Gasteiger partial charge < -0.3 is 33.7 Å². The van der Waals surface area contributed by atoms with Gasteiger partial charge in [0.05, 0.1) is 85.1 Å². The number of alkyl carbamates (subject to hydrolysis) is 1. The summed E-state index contributed by atoms with van der Waals surface area (Å²) < 4.78 is 33.5. The number of methoxy groups -OCH3 is 1. The van der Waals surface area contributed by atoms with Gasteiger partial charge in [-0.1, -0.05) is 49.0 Å². The molecule has 0 bridgehead atoms. The van der Waals surface area contributed by atoms with Crippen molar-refractivity contribution in [3.05, 3.63) is 66.0 Å². The van der Waals surface area contributed by atoms with E-state index in [9.17, 15) is 9.59 Å². The minimum atomic E-state index is -0.486. The number of hydrogen-bond donors (Lipinski definition) is 2. The van der Waals surface area contributed by atoms with E-state index in [2.05, 4.69) is 62.7 Å². The number of benzene rings is 2. The average Bonchev–Trinajstić information content (AvgIpc) is 3.77. The number of aliphatic imine (C=N–C) groups is 1. The van der Waals surface area contributed by atoms with Crippen LogP contribution in [0.2, 0.25) is 0 Å². The molecule has 0 radical (unpaired) electrons. The lowest BCUT2D eigenvalue weighted by molar-refractivity contribution is -0.121. The van der Waals surface area contributed by atoms with Crippen molar-refractivity contribution in [3.8, 4) is 0 Å². The second-order valence-corrected chi connectivity index (χ2v) is 12.8. The van der Waals surface area contributed by atoms with Gasteiger partial charge in [0.25, 0.3) is 0 Å². The molecule has 0 saturated heterocycles. The molecule has 0 aliphatic carbocycles. The Bertz CT molecular complexity index is 1460. The number of nitrogens with one attached hydrogen (secondary N) is 2. The predicted molar refractivity (Wildman–Crippen MR) is 194 cm³/mol. The maximum Gasteiger partial charge on any atom is 0.412 e. The molecule has 4 rings (SSSR count). The zero-order chi connectivity index (χ0) is 36.5. The van der Waals surface area contributed by atoms with E-state index in [1.54, 1.807) is 18.8 Å². The van der Waals surface area contributed by atoms with Gasteiger partial charge in [-0.25, -0.2) is 9.79 Å². The van der Waals surface area contributed by atoms with Gasteiger partial charge in [-0.05, 0) is 48.2 Å². The molecule has 14 nitrogen and oxygen atoms in total. The molecule has 51 heavy (non-hydrogen) atoms. The lowest BCUT2D eigenvalue weighted by Gasteiger charge is -2.07. The molecule has 2 N–H and O–H groups in total. The number of hydrogen-bond acceptors (Lipinski definition) is 12. The summed E-state index contributed by atoms with van der Waals surface area (Å²) in [5.74, 6) is 1.24. The van der Waals surface area contributed by atoms with Gasteiger partial charge in [0.2, 0.25) is 5.91 Å². The largest absolute Gasteiger partial charge is 0.453 e. The number of aromatic nitrogens is 3. The Balaban J connectivity index is 0.000000291. The topological polar surface area (TPSA) is 157 Å². The summed E-state index contributed by atoms with van der Waals surface area (Å²) in [5, 5.41) is 13.4. The first kappa shape index (κ1) is 41.6. The SMILES string of the molecule is CNC(=O)CCOCCOCCOCCOCCOCc1cn(CCC(C)C)nn1.COC(=O)NC1=Nc2ccc(Sc3ccccc3)cc2C1. The number of rotatable bonds is 22. The fraction of sp³-hybridized carbons (Fsp3) is 0.528. The van der Waals surface area contributed by atoms with Gasteiger partial charge in [-0.15, -0.1) is 5.10 Å². The van der Waals surface area contributed by atoms with E-state index in [0.29, 0.717) is 90.7 Å². The molecular formula is C36H52N6O8S. The van der Waals surface area contributed by atoms with Crippen LogP contribution < -0.4 is 10.6 Å². The highest BCUT2D eigenvalue weighted by molar-refractivity contribution is 7.99. The summed E-state index contributed by atoms with van der Waals surface area (Å²) >= 11 is 1.71. The molecular weight excluding hydrogens is 676 g/mol. The molecule has 0 spiro atoms. The van der Waals surface area contributed by atoms with E-state index >= 15 is 0 Å². The first-order chi connectivity index (χ1) is 24.9. The van der Waals surface area contributed by atoms with Gasteiger partial charge in [0.1, 0.15) is 11.5 Å². The van der Waals surface area contributed by atoms with E-state index in [0.717, 1.165) is 34.8 Å². The number of carbonyl (C=O) groups is 2. The Morgan fingerprint density at radius 2 is 1.51 bits per heavy atom. The van der Waals surface area contributed by atoms with Crippen LogP contribution in [0.15, 0.2) is 69.5 Å². The monoisotopic (exact) mass is 728 g/mol. The second-order valence-electron chi connectivity index (χ2n) is 11.6. The fourth-order valence-corrected chi connectivity index (χ4v) is 5.26. The highest BCUT2D eigenvalue weighted by Crippen LogP contribution is 2.33. The summed E-state index contributed by atoms with van der Waals surface area (Å²) in [6, 6.07) is 16.4. The van der Waals surface area contributed by atoms with Crippen LogP contribution in [0.25, 0.3) is 0 Å². The third kappa shape index (κ3) is 18.3. The van der Waals surface area contributed by atoms with Crippen molar-refractivity contribution in [2.75, 3.05) is 73.6 Å². The Hall–Kier alpha value is -3.86. The van der Waals surface area contributed by atoms with Crippen molar-refractivity contribution in [1.82, 2.24) is 25.6 Å². The highest BCUT2D eigenvalue weighted by Gasteiger charge is 2.17. The van der Waals surface area contributed by atoms with Crippen LogP contribution in [-0.2, 0) is 52.8 Å². The molecule has 15 heteroatoms. The molecule has 1 aliphatic rings. The van der Waals surface area contributed by atoms with Crippen molar-refractivity contribution in [2.24, 2.45) is 10.9 Å². The van der Waals surface area contributed by atoms with E-state index in [1.165, 1.54) is 12.0 Å². The maximum atomic E-state index is 11.2. The Labute approximate surface area is 304 Å². The van der Waals surface area contributed by atoms with Gasteiger partial charge in [-0.3, -0.25) is 14.8 Å². The molecule has 280 valence electrons. The summed E-state index contributed by atoms with van der Waals surface area (Å²) in [6.45, 7) is 10.1. The summed E-state index contributed by atoms with van der Waals surface area (Å²) in [4.78, 5) is 28.9. The molecule has 0 atom stereocenters. The number of nitrogens with zero attached hydrogens (tertiary/aromatic N) is 4. The second kappa shape index (κ2) is 25.2. The van der Waals surface area contributed by atoms with Gasteiger partial charge in [-0.2, -0.15) is 0 Å². The number of carbonyl (C=O) groups excluding carboxylic acids is 2. The minimum Gasteiger partial charge on any atom is -0.453 e. The molecule has 0 unspecified atom stereocenters. The number of ether oxygens (including phenoxy) is 6. The van der Waals surface area contributed by atoms with Crippen LogP contribution in [0.3, 0.4) is 0 Å². The van der Waals surface area contributed by atoms with E-state index in [1.807, 2.05) is 41.2 Å². The van der Waals surface area contributed by atoms with Crippen molar-refractivity contribution in [1.29, 1.82) is 0 Å². The van der Waals surface area contributed by atoms with Crippen LogP contribution in [0, 0.1) is 5.92 Å². The molecule has 2 aromatic carbocycles. The van der Waals surface area contributed by atoms with Gasteiger partial charge in [0.15, 0.2) is 0 Å². The highest BCUT2D eigenvalue weighted by atomic mass is 32.2. The molecule has 2 amide bonds. The molecule has 2 heterocycles. The predicted octanol–water partition coefficient (Wildman–Crippen LogP) is 4.82. The normalized spacial score (nSPS) is 11.8. The minimum absolute atomic E-state index is 0.0281. The van der Waals surface area contributed by atoms with Crippen molar-refractivity contribution >= 4 is 35.3 Å². The van der Waals surface area contributed by atoms with Gasteiger partial charge >= 0.3 is 6.09 Å². The average molecular weight is 729 g/mol. The number of amidine groups is 1. The standard InChI is InChI=1S/C20H38N4O6.C16H14N2O2S/c1-18(2)4-6-24-16-19(22-23-24)17-30-15-14-29-13-12-28-11-10-27-9-8-26-7-5-20(25)21-3;1-20-16(19)18-15-10-11-9-13(7-8-14(11)17-15)21-12-5-3-2-4-6-12/h16,18H,4-15,17H2,1-3H3,(H,21,25);2-9H,10H2,1H3,(H,17,18,19). The number of aryl methyl sites for hydroxylation is 1. The van der Waals surface area contributed by atoms with E-state index < -0.39 is 6.09 Å². The number of amides is 2. The smallest absolute Gasteiger partial charge is 0.412 e. The summed E-state index contributed by atoms with van der Waals surface area (Å²) in [5.41, 5.74) is 2.85. The molecule has 0 fully saturated rings. The van der Waals surface area contributed by atoms with Crippen molar-refractivity contribution in [2.45, 2.75) is 56.1 Å². The quantitative estimate of drug-likeness (QED) is 0.137. The molecule has 1 aromatic heterocycles. The molecule has 3 aromatic rings. The first-order valence-electron chi connectivity index (χ1n) is 17.1. The maximum absolute atomic E-state index is 11.2. The Morgan fingerprint density at radius 1 is 0.863 bits per heavy atom. The lowest BCUT2D eigenvalue weighted by Crippen LogP contribution is -2.30. The fourth-order valence-electron chi connectivity index (χ4n) is 4.36. The van der Waals surface area contributed by atoms with Crippen LogP contribution in [0.5, 0.6) is 0 Å². The van der Waals surface area contributed by atoms with Crippen LogP contribution >= 0.6 is 11.8 Å². The summed E-state index contributed by atoms with van der Waals surface area (Å²) in [6.07, 6.45) is 3.51. The molecule has 1 aliphatic heterocycles. The van der Waals surface area contributed by atoms with Crippen molar-refractivity contribution < 1.29 is 38.0 Å². The van der Waals surface area contributed by atoms with Gasteiger partial charge in [0, 0.05) is 36.2 Å². The van der Waals surface area contributed by atoms with Crippen molar-refractivity contribution in [3.63, 3.8) is 0 Å². The zero-order valence-corrected chi connectivity index (χ0v) is 31.0. The number of fused-ring (bicyclic) bond motifs is 1. The Morgan fingerprint density at radius 3 is 2.14 bits per heavy atom. The van der Waals surface area contributed by atoms with Crippen LogP contribution in [0.4, 0.5) is 10.5 Å². The zero-order valence-electron chi connectivity index (χ0n) is 30.1. The third-order valence-corrected chi connectivity index (χ3v) is 8.08. The third-order valence-electron chi connectivity index (χ3n) is 7.09. The Kier molecular flexibility index (Phi) is 20.5. The summed E-state index contributed by atoms with van der Waals surface area (Å²) in [7, 11) is 2.95. The van der Waals surface area contributed by atoms with E-state index in [-0.39, 0.29) is 5.91 Å². The van der Waals surface area contributed by atoms with E-state index in [4.69, 9.17) is 23.7 Å². The first-order valence-corrected chi connectivity index (χ1v) is 17.9. The van der Waals surface area contributed by atoms with Crippen LogP contribution in [0.1, 0.15) is 37.9 Å². The molecule has 0 saturated carbocycles. The lowest BCUT2D eigenvalue weighted by atomic mass is 10.1.